The summed E-state index contributed by atoms with van der Waals surface area (Å²) in [4.78, 5) is 3.66. The highest BCUT2D eigenvalue weighted by Gasteiger charge is 2.13. The summed E-state index contributed by atoms with van der Waals surface area (Å²) in [6.07, 6.45) is 4.31. The van der Waals surface area contributed by atoms with Gasteiger partial charge < -0.3 is 10.6 Å². The number of nitrogens with zero attached hydrogens (tertiary/aromatic N) is 1. The molecule has 0 spiro atoms. The predicted molar refractivity (Wildman–Crippen MR) is 58.3 cm³/mol. The molecule has 0 amide bonds. The highest BCUT2D eigenvalue weighted by molar-refractivity contribution is 5.35. The average Bonchev–Trinajstić information content (AvgIpc) is 2.74. The molecule has 2 heterocycles. The molecule has 1 aromatic rings. The van der Waals surface area contributed by atoms with Crippen molar-refractivity contribution in [1.29, 1.82) is 0 Å². The molecule has 1 aliphatic rings. The summed E-state index contributed by atoms with van der Waals surface area (Å²) in [7, 11) is 0. The number of hydrogen-bond acceptors (Lipinski definition) is 3. The monoisotopic (exact) mass is 227 g/mol. The van der Waals surface area contributed by atoms with Crippen LogP contribution in [0.25, 0.3) is 0 Å². The van der Waals surface area contributed by atoms with E-state index in [0.29, 0.717) is 12.6 Å². The van der Waals surface area contributed by atoms with E-state index in [2.05, 4.69) is 15.6 Å². The third-order valence-corrected chi connectivity index (χ3v) is 2.76. The van der Waals surface area contributed by atoms with Crippen LogP contribution in [0.1, 0.15) is 19.3 Å². The van der Waals surface area contributed by atoms with Crippen molar-refractivity contribution in [2.24, 2.45) is 0 Å². The fraction of sp³-hybridized carbons (Fsp3) is 0.545. The minimum atomic E-state index is -0.652. The molecule has 0 bridgehead atoms. The summed E-state index contributed by atoms with van der Waals surface area (Å²) in [5.41, 5.74) is 0. The average molecular weight is 227 g/mol. The van der Waals surface area contributed by atoms with Crippen LogP contribution in [0.5, 0.6) is 0 Å². The predicted octanol–water partition coefficient (Wildman–Crippen LogP) is 1.91. The Balaban J connectivity index is 1.80. The molecule has 2 rings (SSSR count). The molecule has 1 aromatic heterocycles. The normalized spacial score (nSPS) is 20.0. The lowest BCUT2D eigenvalue weighted by molar-refractivity contribution is 0.563. The van der Waals surface area contributed by atoms with E-state index in [4.69, 9.17) is 0 Å². The number of anilines is 1. The SMILES string of the molecule is Fc1cnc(NCC[C@H]2CCCN2)c(F)c1. The first-order valence-electron chi connectivity index (χ1n) is 5.54. The third-order valence-electron chi connectivity index (χ3n) is 2.76. The van der Waals surface area contributed by atoms with Crippen molar-refractivity contribution in [3.8, 4) is 0 Å². The van der Waals surface area contributed by atoms with Crippen LogP contribution in [-0.2, 0) is 0 Å². The summed E-state index contributed by atoms with van der Waals surface area (Å²) in [5.74, 6) is -1.17. The van der Waals surface area contributed by atoms with Gasteiger partial charge in [-0.2, -0.15) is 0 Å². The van der Waals surface area contributed by atoms with Crippen LogP contribution in [0.4, 0.5) is 14.6 Å². The van der Waals surface area contributed by atoms with Gasteiger partial charge in [0.25, 0.3) is 0 Å². The van der Waals surface area contributed by atoms with Crippen molar-refractivity contribution in [3.63, 3.8) is 0 Å². The van der Waals surface area contributed by atoms with Crippen molar-refractivity contribution >= 4 is 5.82 Å². The van der Waals surface area contributed by atoms with Gasteiger partial charge in [-0.25, -0.2) is 13.8 Å². The maximum absolute atomic E-state index is 13.2. The molecular formula is C11H15F2N3. The Kier molecular flexibility index (Phi) is 3.66. The summed E-state index contributed by atoms with van der Waals surface area (Å²) in [5, 5.41) is 6.23. The zero-order valence-corrected chi connectivity index (χ0v) is 8.97. The van der Waals surface area contributed by atoms with Gasteiger partial charge in [-0.15, -0.1) is 0 Å². The fourth-order valence-corrected chi connectivity index (χ4v) is 1.91. The van der Waals surface area contributed by atoms with Gasteiger partial charge in [0.2, 0.25) is 0 Å². The van der Waals surface area contributed by atoms with Crippen LogP contribution in [0.2, 0.25) is 0 Å². The molecule has 1 atom stereocenters. The van der Waals surface area contributed by atoms with E-state index < -0.39 is 11.6 Å². The number of aromatic nitrogens is 1. The zero-order chi connectivity index (χ0) is 11.4. The van der Waals surface area contributed by atoms with E-state index in [1.54, 1.807) is 0 Å². The summed E-state index contributed by atoms with van der Waals surface area (Å²) < 4.78 is 25.7. The van der Waals surface area contributed by atoms with Gasteiger partial charge in [0.05, 0.1) is 6.20 Å². The van der Waals surface area contributed by atoms with Crippen molar-refractivity contribution in [1.82, 2.24) is 10.3 Å². The molecule has 0 aromatic carbocycles. The van der Waals surface area contributed by atoms with E-state index in [1.807, 2.05) is 0 Å². The van der Waals surface area contributed by atoms with Crippen LogP contribution < -0.4 is 10.6 Å². The zero-order valence-electron chi connectivity index (χ0n) is 8.97. The fourth-order valence-electron chi connectivity index (χ4n) is 1.91. The topological polar surface area (TPSA) is 37.0 Å². The molecule has 1 saturated heterocycles. The number of rotatable bonds is 4. The first kappa shape index (κ1) is 11.3. The second-order valence-corrected chi connectivity index (χ2v) is 3.99. The van der Waals surface area contributed by atoms with E-state index >= 15 is 0 Å². The van der Waals surface area contributed by atoms with E-state index in [0.717, 1.165) is 25.2 Å². The highest BCUT2D eigenvalue weighted by Crippen LogP contribution is 2.12. The van der Waals surface area contributed by atoms with Gasteiger partial charge in [-0.05, 0) is 25.8 Å². The lowest BCUT2D eigenvalue weighted by atomic mass is 10.1. The first-order valence-corrected chi connectivity index (χ1v) is 5.54. The van der Waals surface area contributed by atoms with Crippen molar-refractivity contribution in [3.05, 3.63) is 23.9 Å². The van der Waals surface area contributed by atoms with Gasteiger partial charge in [-0.1, -0.05) is 0 Å². The van der Waals surface area contributed by atoms with Crippen LogP contribution in [-0.4, -0.2) is 24.1 Å². The molecule has 2 N–H and O–H groups in total. The standard InChI is InChI=1S/C11H15F2N3/c12-8-6-10(13)11(16-7-8)15-5-3-9-2-1-4-14-9/h6-7,9,14H,1-5H2,(H,15,16)/t9-/m1/s1. The largest absolute Gasteiger partial charge is 0.368 e. The number of pyridine rings is 1. The highest BCUT2D eigenvalue weighted by atomic mass is 19.1. The van der Waals surface area contributed by atoms with Crippen LogP contribution in [0.3, 0.4) is 0 Å². The quantitative estimate of drug-likeness (QED) is 0.825. The number of halogens is 2. The van der Waals surface area contributed by atoms with Gasteiger partial charge >= 0.3 is 0 Å². The second kappa shape index (κ2) is 5.21. The third kappa shape index (κ3) is 2.88. The lowest BCUT2D eigenvalue weighted by Gasteiger charge is -2.11. The molecule has 1 aliphatic heterocycles. The Morgan fingerprint density at radius 3 is 3.06 bits per heavy atom. The Hall–Kier alpha value is -1.23. The van der Waals surface area contributed by atoms with Crippen LogP contribution in [0.15, 0.2) is 12.3 Å². The maximum atomic E-state index is 13.2. The maximum Gasteiger partial charge on any atom is 0.168 e. The Bertz CT molecular complexity index is 351. The molecule has 0 saturated carbocycles. The molecule has 1 fully saturated rings. The molecule has 0 aliphatic carbocycles. The van der Waals surface area contributed by atoms with Crippen molar-refractivity contribution < 1.29 is 8.78 Å². The van der Waals surface area contributed by atoms with Crippen molar-refractivity contribution in [2.45, 2.75) is 25.3 Å². The molecule has 16 heavy (non-hydrogen) atoms. The van der Waals surface area contributed by atoms with E-state index in [-0.39, 0.29) is 5.82 Å². The number of nitrogens with one attached hydrogen (secondary N) is 2. The molecule has 0 unspecified atom stereocenters. The van der Waals surface area contributed by atoms with Gasteiger partial charge in [0, 0.05) is 18.7 Å². The Morgan fingerprint density at radius 2 is 2.38 bits per heavy atom. The Morgan fingerprint density at radius 1 is 1.50 bits per heavy atom. The molecule has 0 radical (unpaired) electrons. The summed E-state index contributed by atoms with van der Waals surface area (Å²) >= 11 is 0. The minimum Gasteiger partial charge on any atom is -0.368 e. The molecule has 3 nitrogen and oxygen atoms in total. The van der Waals surface area contributed by atoms with Crippen LogP contribution >= 0.6 is 0 Å². The Labute approximate surface area is 93.3 Å². The van der Waals surface area contributed by atoms with E-state index in [1.165, 1.54) is 12.8 Å². The van der Waals surface area contributed by atoms with Gasteiger partial charge in [0.15, 0.2) is 11.6 Å². The second-order valence-electron chi connectivity index (χ2n) is 3.99. The first-order chi connectivity index (χ1) is 7.75. The van der Waals surface area contributed by atoms with E-state index in [9.17, 15) is 8.78 Å². The smallest absolute Gasteiger partial charge is 0.168 e. The molecular weight excluding hydrogens is 212 g/mol. The molecule has 88 valence electrons. The summed E-state index contributed by atoms with van der Waals surface area (Å²) in [6.45, 7) is 1.71. The van der Waals surface area contributed by atoms with Crippen LogP contribution in [0, 0.1) is 11.6 Å². The lowest BCUT2D eigenvalue weighted by Crippen LogP contribution is -2.24. The summed E-state index contributed by atoms with van der Waals surface area (Å²) in [6, 6.07) is 1.35. The minimum absolute atomic E-state index is 0.124. The van der Waals surface area contributed by atoms with Crippen molar-refractivity contribution in [2.75, 3.05) is 18.4 Å². The molecule has 5 heteroatoms. The van der Waals surface area contributed by atoms with Gasteiger partial charge in [-0.3, -0.25) is 0 Å². The van der Waals surface area contributed by atoms with Gasteiger partial charge in [0.1, 0.15) is 5.82 Å². The number of hydrogen-bond donors (Lipinski definition) is 2.